The molecule has 1 N–H and O–H groups in total. The average Bonchev–Trinajstić information content (AvgIpc) is 2.31. The summed E-state index contributed by atoms with van der Waals surface area (Å²) >= 11 is 0. The summed E-state index contributed by atoms with van der Waals surface area (Å²) in [6, 6.07) is 1.45. The van der Waals surface area contributed by atoms with Gasteiger partial charge in [-0.25, -0.2) is 4.79 Å². The molecule has 2 rings (SSSR count). The molecule has 96 valence electrons. The van der Waals surface area contributed by atoms with Crippen molar-refractivity contribution in [1.82, 2.24) is 14.5 Å². The van der Waals surface area contributed by atoms with Gasteiger partial charge in [-0.3, -0.25) is 9.36 Å². The largest absolute Gasteiger partial charge is 0.330 e. The van der Waals surface area contributed by atoms with Crippen molar-refractivity contribution in [3.05, 3.63) is 33.1 Å². The van der Waals surface area contributed by atoms with Gasteiger partial charge in [0.15, 0.2) is 0 Å². The SMILES string of the molecule is Cl.Cn1c(=O)ccn(CC2CCNCC2)c1=O. The van der Waals surface area contributed by atoms with Crippen LogP contribution in [0.1, 0.15) is 12.8 Å². The molecule has 0 atom stereocenters. The van der Waals surface area contributed by atoms with Crippen LogP contribution < -0.4 is 16.6 Å². The zero-order valence-electron chi connectivity index (χ0n) is 9.89. The van der Waals surface area contributed by atoms with Crippen LogP contribution in [0, 0.1) is 5.92 Å². The van der Waals surface area contributed by atoms with Gasteiger partial charge in [-0.2, -0.15) is 0 Å². The van der Waals surface area contributed by atoms with Crippen molar-refractivity contribution in [1.29, 1.82) is 0 Å². The first kappa shape index (κ1) is 14.0. The van der Waals surface area contributed by atoms with Crippen LogP contribution in [0.15, 0.2) is 21.9 Å². The summed E-state index contributed by atoms with van der Waals surface area (Å²) in [5, 5.41) is 3.29. The van der Waals surface area contributed by atoms with E-state index in [9.17, 15) is 9.59 Å². The molecular formula is C11H18ClN3O2. The fraction of sp³-hybridized carbons (Fsp3) is 0.636. The summed E-state index contributed by atoms with van der Waals surface area (Å²) in [5.74, 6) is 0.538. The van der Waals surface area contributed by atoms with Gasteiger partial charge in [0.05, 0.1) is 0 Å². The van der Waals surface area contributed by atoms with E-state index in [-0.39, 0.29) is 23.7 Å². The third-order valence-corrected chi connectivity index (χ3v) is 3.17. The Labute approximate surface area is 106 Å². The molecule has 1 aliphatic rings. The zero-order chi connectivity index (χ0) is 11.5. The molecule has 0 radical (unpaired) electrons. The van der Waals surface area contributed by atoms with E-state index < -0.39 is 0 Å². The van der Waals surface area contributed by atoms with Crippen LogP contribution in [-0.2, 0) is 13.6 Å². The van der Waals surface area contributed by atoms with Crippen molar-refractivity contribution < 1.29 is 0 Å². The van der Waals surface area contributed by atoms with Crippen molar-refractivity contribution >= 4 is 12.4 Å². The summed E-state index contributed by atoms with van der Waals surface area (Å²) in [6.07, 6.45) is 3.79. The van der Waals surface area contributed by atoms with E-state index in [1.54, 1.807) is 10.8 Å². The molecule has 0 bridgehead atoms. The van der Waals surface area contributed by atoms with Gasteiger partial charge in [-0.05, 0) is 31.8 Å². The number of nitrogens with zero attached hydrogens (tertiary/aromatic N) is 2. The van der Waals surface area contributed by atoms with Gasteiger partial charge in [0.2, 0.25) is 0 Å². The Kier molecular flexibility index (Phi) is 4.96. The molecule has 6 heteroatoms. The van der Waals surface area contributed by atoms with Gasteiger partial charge in [0, 0.05) is 25.9 Å². The molecule has 0 unspecified atom stereocenters. The molecule has 17 heavy (non-hydrogen) atoms. The first-order valence-corrected chi connectivity index (χ1v) is 5.65. The number of halogens is 1. The Bertz CT molecular complexity index is 474. The van der Waals surface area contributed by atoms with E-state index in [4.69, 9.17) is 0 Å². The second-order valence-corrected chi connectivity index (χ2v) is 4.34. The second kappa shape index (κ2) is 6.02. The average molecular weight is 260 g/mol. The van der Waals surface area contributed by atoms with Gasteiger partial charge >= 0.3 is 5.69 Å². The van der Waals surface area contributed by atoms with E-state index in [0.29, 0.717) is 12.5 Å². The van der Waals surface area contributed by atoms with Crippen LogP contribution in [0.5, 0.6) is 0 Å². The summed E-state index contributed by atoms with van der Waals surface area (Å²) in [6.45, 7) is 2.75. The highest BCUT2D eigenvalue weighted by Crippen LogP contribution is 2.12. The zero-order valence-corrected chi connectivity index (χ0v) is 10.7. The highest BCUT2D eigenvalue weighted by molar-refractivity contribution is 5.85. The Morgan fingerprint density at radius 1 is 1.35 bits per heavy atom. The standard InChI is InChI=1S/C11H17N3O2.ClH/c1-13-10(15)4-7-14(11(13)16)8-9-2-5-12-6-3-9;/h4,7,9,12H,2-3,5-6,8H2,1H3;1H. The predicted octanol–water partition coefficient (Wildman–Crippen LogP) is -0.0316. The Balaban J connectivity index is 0.00000144. The van der Waals surface area contributed by atoms with E-state index in [0.717, 1.165) is 30.5 Å². The third kappa shape index (κ3) is 3.20. The molecule has 0 amide bonds. The van der Waals surface area contributed by atoms with Crippen LogP contribution in [0.2, 0.25) is 0 Å². The molecule has 0 aliphatic carbocycles. The molecule has 5 nitrogen and oxygen atoms in total. The minimum absolute atomic E-state index is 0. The lowest BCUT2D eigenvalue weighted by Gasteiger charge is -2.23. The molecule has 1 aliphatic heterocycles. The maximum absolute atomic E-state index is 11.8. The fourth-order valence-corrected chi connectivity index (χ4v) is 2.10. The van der Waals surface area contributed by atoms with Crippen molar-refractivity contribution in [2.75, 3.05) is 13.1 Å². The molecule has 0 aromatic carbocycles. The third-order valence-electron chi connectivity index (χ3n) is 3.17. The normalized spacial score (nSPS) is 16.5. The van der Waals surface area contributed by atoms with Crippen LogP contribution >= 0.6 is 12.4 Å². The van der Waals surface area contributed by atoms with E-state index in [2.05, 4.69) is 5.32 Å². The fourth-order valence-electron chi connectivity index (χ4n) is 2.10. The lowest BCUT2D eigenvalue weighted by atomic mass is 9.98. The summed E-state index contributed by atoms with van der Waals surface area (Å²) in [4.78, 5) is 23.0. The van der Waals surface area contributed by atoms with E-state index in [1.165, 1.54) is 13.1 Å². The molecule has 1 aromatic rings. The maximum atomic E-state index is 11.8. The lowest BCUT2D eigenvalue weighted by molar-refractivity contribution is 0.325. The first-order chi connectivity index (χ1) is 7.68. The van der Waals surface area contributed by atoms with E-state index >= 15 is 0 Å². The van der Waals surface area contributed by atoms with Gasteiger partial charge in [0.1, 0.15) is 0 Å². The molecule has 0 spiro atoms. The van der Waals surface area contributed by atoms with Gasteiger partial charge in [0.25, 0.3) is 5.56 Å². The molecule has 1 fully saturated rings. The van der Waals surface area contributed by atoms with Crippen molar-refractivity contribution in [3.8, 4) is 0 Å². The lowest BCUT2D eigenvalue weighted by Crippen LogP contribution is -2.39. The van der Waals surface area contributed by atoms with Crippen molar-refractivity contribution in [2.45, 2.75) is 19.4 Å². The van der Waals surface area contributed by atoms with Crippen LogP contribution in [-0.4, -0.2) is 22.2 Å². The Hall–Kier alpha value is -1.07. The summed E-state index contributed by atoms with van der Waals surface area (Å²) < 4.78 is 2.79. The highest BCUT2D eigenvalue weighted by atomic mass is 35.5. The number of hydrogen-bond donors (Lipinski definition) is 1. The van der Waals surface area contributed by atoms with Crippen LogP contribution in [0.25, 0.3) is 0 Å². The minimum Gasteiger partial charge on any atom is -0.317 e. The number of hydrogen-bond acceptors (Lipinski definition) is 3. The minimum atomic E-state index is -0.244. The highest BCUT2D eigenvalue weighted by Gasteiger charge is 2.14. The van der Waals surface area contributed by atoms with Gasteiger partial charge in [-0.1, -0.05) is 0 Å². The molecule has 2 heterocycles. The van der Waals surface area contributed by atoms with Crippen molar-refractivity contribution in [2.24, 2.45) is 13.0 Å². The number of piperidine rings is 1. The topological polar surface area (TPSA) is 56.0 Å². The monoisotopic (exact) mass is 259 g/mol. The number of rotatable bonds is 2. The number of nitrogens with one attached hydrogen (secondary N) is 1. The van der Waals surface area contributed by atoms with Crippen LogP contribution in [0.3, 0.4) is 0 Å². The molecule has 1 aromatic heterocycles. The predicted molar refractivity (Wildman–Crippen MR) is 68.8 cm³/mol. The maximum Gasteiger partial charge on any atom is 0.330 e. The summed E-state index contributed by atoms with van der Waals surface area (Å²) in [5.41, 5.74) is -0.461. The number of aromatic nitrogens is 2. The Morgan fingerprint density at radius 3 is 2.65 bits per heavy atom. The van der Waals surface area contributed by atoms with Gasteiger partial charge in [-0.15, -0.1) is 12.4 Å². The van der Waals surface area contributed by atoms with Crippen molar-refractivity contribution in [3.63, 3.8) is 0 Å². The van der Waals surface area contributed by atoms with Crippen LogP contribution in [0.4, 0.5) is 0 Å². The first-order valence-electron chi connectivity index (χ1n) is 5.65. The smallest absolute Gasteiger partial charge is 0.317 e. The molecule has 1 saturated heterocycles. The second-order valence-electron chi connectivity index (χ2n) is 4.34. The summed E-state index contributed by atoms with van der Waals surface area (Å²) in [7, 11) is 1.52. The van der Waals surface area contributed by atoms with Gasteiger partial charge < -0.3 is 9.88 Å². The Morgan fingerprint density at radius 2 is 2.00 bits per heavy atom. The molecule has 0 saturated carbocycles. The quantitative estimate of drug-likeness (QED) is 0.812. The van der Waals surface area contributed by atoms with E-state index in [1.807, 2.05) is 0 Å². The molecular weight excluding hydrogens is 242 g/mol.